The summed E-state index contributed by atoms with van der Waals surface area (Å²) in [5.74, 6) is 0.635. The first-order valence-electron chi connectivity index (χ1n) is 9.52. The van der Waals surface area contributed by atoms with Gasteiger partial charge in [-0.3, -0.25) is 4.79 Å². The lowest BCUT2D eigenvalue weighted by Crippen LogP contribution is -2.19. The molecule has 0 atom stereocenters. The lowest BCUT2D eigenvalue weighted by atomic mass is 10.0. The van der Waals surface area contributed by atoms with Crippen LogP contribution in [0.25, 0.3) is 11.4 Å². The second-order valence-corrected chi connectivity index (χ2v) is 7.28. The van der Waals surface area contributed by atoms with E-state index in [2.05, 4.69) is 29.3 Å². The summed E-state index contributed by atoms with van der Waals surface area (Å²) in [5, 5.41) is 6.75. The SMILES string of the molecule is CC(C)c1ccc(-c2noc(COC(=O)c3ccc4c(c3)CCC(=O)N4)n2)cc1. The van der Waals surface area contributed by atoms with E-state index >= 15 is 0 Å². The normalized spacial score (nSPS) is 13.1. The highest BCUT2D eigenvalue weighted by Crippen LogP contribution is 2.24. The summed E-state index contributed by atoms with van der Waals surface area (Å²) in [6.45, 7) is 4.16. The molecule has 0 spiro atoms. The van der Waals surface area contributed by atoms with Gasteiger partial charge in [-0.1, -0.05) is 43.3 Å². The van der Waals surface area contributed by atoms with Gasteiger partial charge < -0.3 is 14.6 Å². The Kier molecular flexibility index (Phi) is 5.12. The number of esters is 1. The number of rotatable bonds is 5. The van der Waals surface area contributed by atoms with Gasteiger partial charge in [-0.05, 0) is 41.7 Å². The molecular formula is C22H21N3O4. The molecule has 1 aromatic heterocycles. The van der Waals surface area contributed by atoms with Crippen LogP contribution in [-0.4, -0.2) is 22.0 Å². The Bertz CT molecular complexity index is 1050. The first kappa shape index (κ1) is 18.9. The first-order valence-corrected chi connectivity index (χ1v) is 9.52. The number of aromatic nitrogens is 2. The standard InChI is InChI=1S/C22H21N3O4/c1-13(2)14-3-5-15(6-4-14)21-24-20(29-25-21)12-28-22(27)17-7-9-18-16(11-17)8-10-19(26)23-18/h3-7,9,11,13H,8,10,12H2,1-2H3,(H,23,26). The average Bonchev–Trinajstić information content (AvgIpc) is 3.20. The predicted molar refractivity (Wildman–Crippen MR) is 106 cm³/mol. The fourth-order valence-corrected chi connectivity index (χ4v) is 3.17. The molecule has 0 radical (unpaired) electrons. The van der Waals surface area contributed by atoms with E-state index in [1.54, 1.807) is 18.2 Å². The number of aryl methyl sites for hydroxylation is 1. The maximum absolute atomic E-state index is 12.3. The molecule has 1 aliphatic heterocycles. The van der Waals surface area contributed by atoms with Gasteiger partial charge in [-0.2, -0.15) is 4.98 Å². The van der Waals surface area contributed by atoms with E-state index in [1.807, 2.05) is 24.3 Å². The minimum absolute atomic E-state index is 0.0149. The van der Waals surface area contributed by atoms with Crippen molar-refractivity contribution in [2.24, 2.45) is 0 Å². The van der Waals surface area contributed by atoms with Gasteiger partial charge in [-0.25, -0.2) is 4.79 Å². The Morgan fingerprint density at radius 3 is 2.72 bits per heavy atom. The zero-order chi connectivity index (χ0) is 20.4. The van der Waals surface area contributed by atoms with E-state index in [9.17, 15) is 9.59 Å². The number of nitrogens with one attached hydrogen (secondary N) is 1. The van der Waals surface area contributed by atoms with E-state index in [4.69, 9.17) is 9.26 Å². The highest BCUT2D eigenvalue weighted by atomic mass is 16.6. The second kappa shape index (κ2) is 7.87. The van der Waals surface area contributed by atoms with Crippen molar-refractivity contribution in [1.29, 1.82) is 0 Å². The number of fused-ring (bicyclic) bond motifs is 1. The number of amides is 1. The molecule has 1 amide bonds. The Labute approximate surface area is 168 Å². The van der Waals surface area contributed by atoms with Crippen molar-refractivity contribution in [1.82, 2.24) is 10.1 Å². The van der Waals surface area contributed by atoms with Crippen molar-refractivity contribution in [3.63, 3.8) is 0 Å². The third-order valence-electron chi connectivity index (χ3n) is 4.87. The number of hydrogen-bond acceptors (Lipinski definition) is 6. The van der Waals surface area contributed by atoms with Crippen molar-refractivity contribution < 1.29 is 18.8 Å². The van der Waals surface area contributed by atoms with Gasteiger partial charge in [0.1, 0.15) is 0 Å². The molecule has 0 saturated heterocycles. The molecule has 29 heavy (non-hydrogen) atoms. The number of benzene rings is 2. The summed E-state index contributed by atoms with van der Waals surface area (Å²) in [4.78, 5) is 28.1. The highest BCUT2D eigenvalue weighted by molar-refractivity contribution is 5.96. The number of hydrogen-bond donors (Lipinski definition) is 1. The summed E-state index contributed by atoms with van der Waals surface area (Å²) < 4.78 is 10.5. The minimum Gasteiger partial charge on any atom is -0.452 e. The van der Waals surface area contributed by atoms with Crippen molar-refractivity contribution in [2.45, 2.75) is 39.2 Å². The maximum atomic E-state index is 12.3. The molecule has 1 aliphatic rings. The fourth-order valence-electron chi connectivity index (χ4n) is 3.17. The van der Waals surface area contributed by atoms with Gasteiger partial charge in [0.15, 0.2) is 6.61 Å². The van der Waals surface area contributed by atoms with E-state index < -0.39 is 5.97 Å². The van der Waals surface area contributed by atoms with Crippen molar-refractivity contribution in [3.05, 3.63) is 65.0 Å². The minimum atomic E-state index is -0.481. The van der Waals surface area contributed by atoms with Crippen molar-refractivity contribution >= 4 is 17.6 Å². The van der Waals surface area contributed by atoms with Crippen LogP contribution in [0, 0.1) is 0 Å². The molecule has 0 aliphatic carbocycles. The number of ether oxygens (including phenoxy) is 1. The molecule has 0 unspecified atom stereocenters. The summed E-state index contributed by atoms with van der Waals surface area (Å²) in [7, 11) is 0. The topological polar surface area (TPSA) is 94.3 Å². The molecule has 1 N–H and O–H groups in total. The Morgan fingerprint density at radius 1 is 1.17 bits per heavy atom. The third kappa shape index (κ3) is 4.18. The zero-order valence-corrected chi connectivity index (χ0v) is 16.3. The lowest BCUT2D eigenvalue weighted by Gasteiger charge is -2.17. The van der Waals surface area contributed by atoms with Gasteiger partial charge in [0.05, 0.1) is 5.56 Å². The molecule has 2 aromatic carbocycles. The van der Waals surface area contributed by atoms with Crippen LogP contribution in [0.1, 0.15) is 53.6 Å². The molecule has 0 saturated carbocycles. The van der Waals surface area contributed by atoms with Crippen molar-refractivity contribution in [2.75, 3.05) is 5.32 Å². The monoisotopic (exact) mass is 391 g/mol. The molecule has 4 rings (SSSR count). The van der Waals surface area contributed by atoms with Gasteiger partial charge in [0, 0.05) is 17.7 Å². The van der Waals surface area contributed by atoms with E-state index in [1.165, 1.54) is 5.56 Å². The molecule has 2 heterocycles. The summed E-state index contributed by atoms with van der Waals surface area (Å²) in [5.41, 5.74) is 4.15. The molecule has 148 valence electrons. The molecule has 7 heteroatoms. The largest absolute Gasteiger partial charge is 0.452 e. The van der Waals surface area contributed by atoms with Gasteiger partial charge in [0.2, 0.25) is 11.7 Å². The first-order chi connectivity index (χ1) is 14.0. The van der Waals surface area contributed by atoms with Crippen LogP contribution in [0.3, 0.4) is 0 Å². The van der Waals surface area contributed by atoms with Crippen LogP contribution in [0.4, 0.5) is 5.69 Å². The summed E-state index contributed by atoms with van der Waals surface area (Å²) in [6, 6.07) is 13.1. The molecule has 7 nitrogen and oxygen atoms in total. The van der Waals surface area contributed by atoms with Crippen LogP contribution >= 0.6 is 0 Å². The van der Waals surface area contributed by atoms with Crippen LogP contribution in [0.15, 0.2) is 47.0 Å². The van der Waals surface area contributed by atoms with E-state index in [0.29, 0.717) is 30.1 Å². The predicted octanol–water partition coefficient (Wildman–Crippen LogP) is 4.10. The van der Waals surface area contributed by atoms with Crippen molar-refractivity contribution in [3.8, 4) is 11.4 Å². The van der Waals surface area contributed by atoms with Crippen LogP contribution < -0.4 is 5.32 Å². The number of carbonyl (C=O) groups is 2. The number of nitrogens with zero attached hydrogens (tertiary/aromatic N) is 2. The van der Waals surface area contributed by atoms with Gasteiger partial charge >= 0.3 is 5.97 Å². The van der Waals surface area contributed by atoms with E-state index in [0.717, 1.165) is 16.8 Å². The Morgan fingerprint density at radius 2 is 1.97 bits per heavy atom. The van der Waals surface area contributed by atoms with Gasteiger partial charge in [0.25, 0.3) is 5.89 Å². The Balaban J connectivity index is 1.39. The van der Waals surface area contributed by atoms with Crippen LogP contribution in [0.5, 0.6) is 0 Å². The molecule has 3 aromatic rings. The molecule has 0 bridgehead atoms. The number of carbonyl (C=O) groups excluding carboxylic acids is 2. The zero-order valence-electron chi connectivity index (χ0n) is 16.3. The summed E-state index contributed by atoms with van der Waals surface area (Å²) in [6.07, 6.45) is 1.01. The van der Waals surface area contributed by atoms with E-state index in [-0.39, 0.29) is 18.4 Å². The van der Waals surface area contributed by atoms with Crippen LogP contribution in [0.2, 0.25) is 0 Å². The lowest BCUT2D eigenvalue weighted by molar-refractivity contribution is -0.116. The quantitative estimate of drug-likeness (QED) is 0.658. The number of anilines is 1. The second-order valence-electron chi connectivity index (χ2n) is 7.28. The highest BCUT2D eigenvalue weighted by Gasteiger charge is 2.18. The Hall–Kier alpha value is -3.48. The van der Waals surface area contributed by atoms with Crippen LogP contribution in [-0.2, 0) is 22.6 Å². The fraction of sp³-hybridized carbons (Fsp3) is 0.273. The molecular weight excluding hydrogens is 370 g/mol. The van der Waals surface area contributed by atoms with Gasteiger partial charge in [-0.15, -0.1) is 0 Å². The summed E-state index contributed by atoms with van der Waals surface area (Å²) >= 11 is 0. The molecule has 0 fully saturated rings. The third-order valence-corrected chi connectivity index (χ3v) is 4.87. The average molecular weight is 391 g/mol. The smallest absolute Gasteiger partial charge is 0.338 e. The maximum Gasteiger partial charge on any atom is 0.338 e.